The molecule has 0 amide bonds. The molecule has 0 bridgehead atoms. The molecule has 5 aliphatic carbocycles. The molecule has 0 aliphatic heterocycles. The average molecular weight is 492 g/mol. The lowest BCUT2D eigenvalue weighted by Crippen LogP contribution is -2.64. The maximum absolute atomic E-state index is 14.2. The van der Waals surface area contributed by atoms with Crippen LogP contribution in [0.1, 0.15) is 87.0 Å². The first kappa shape index (κ1) is 25.4. The summed E-state index contributed by atoms with van der Waals surface area (Å²) < 4.78 is 0. The van der Waals surface area contributed by atoms with E-state index < -0.39 is 22.7 Å². The number of fused-ring (bicyclic) bond motifs is 7. The van der Waals surface area contributed by atoms with Gasteiger partial charge < -0.3 is 5.11 Å². The molecular formula is C31H41NO4. The number of carbonyl (C=O) groups excluding carboxylic acids is 2. The topological polar surface area (TPSA) is 95.2 Å². The first-order chi connectivity index (χ1) is 16.5. The van der Waals surface area contributed by atoms with E-state index in [1.165, 1.54) is 0 Å². The Morgan fingerprint density at radius 3 is 2.28 bits per heavy atom. The molecule has 1 N–H and O–H groups in total. The number of aliphatic carboxylic acids is 1. The number of ketones is 2. The van der Waals surface area contributed by atoms with E-state index in [1.807, 2.05) is 26.0 Å². The molecule has 0 aromatic rings. The summed E-state index contributed by atoms with van der Waals surface area (Å²) in [5.41, 5.74) is -0.558. The van der Waals surface area contributed by atoms with Crippen molar-refractivity contribution in [3.8, 4) is 6.07 Å². The Labute approximate surface area is 215 Å². The summed E-state index contributed by atoms with van der Waals surface area (Å²) in [6.07, 6.45) is 8.75. The Morgan fingerprint density at radius 2 is 1.67 bits per heavy atom. The molecule has 3 saturated carbocycles. The molecule has 3 fully saturated rings. The third-order valence-electron chi connectivity index (χ3n) is 12.0. The zero-order chi connectivity index (χ0) is 26.6. The normalized spacial score (nSPS) is 46.7. The maximum atomic E-state index is 14.2. The van der Waals surface area contributed by atoms with Crippen molar-refractivity contribution in [1.82, 2.24) is 0 Å². The van der Waals surface area contributed by atoms with Gasteiger partial charge in [-0.05, 0) is 78.6 Å². The van der Waals surface area contributed by atoms with Crippen LogP contribution in [0.15, 0.2) is 23.3 Å². The van der Waals surface area contributed by atoms with Crippen molar-refractivity contribution in [1.29, 1.82) is 5.26 Å². The minimum atomic E-state index is -0.719. The van der Waals surface area contributed by atoms with Gasteiger partial charge in [-0.2, -0.15) is 5.26 Å². The van der Waals surface area contributed by atoms with E-state index in [-0.39, 0.29) is 57.1 Å². The van der Waals surface area contributed by atoms with Crippen LogP contribution in [0.25, 0.3) is 0 Å². The SMILES string of the molecule is CC1(C)CC2C(CC[C@]3(C)C2C(=O)C=C2[C@@]4(C)C=C(C#N)C(=O)C(C)(C)[C@@H]4CC[C@]23C)[C@H](C(=O)O)C1. The first-order valence-electron chi connectivity index (χ1n) is 13.7. The minimum absolute atomic E-state index is 0.0308. The van der Waals surface area contributed by atoms with Gasteiger partial charge in [0, 0.05) is 16.7 Å². The second-order valence-electron chi connectivity index (χ2n) is 14.7. The van der Waals surface area contributed by atoms with Crippen molar-refractivity contribution < 1.29 is 19.5 Å². The largest absolute Gasteiger partial charge is 0.481 e. The Bertz CT molecular complexity index is 1170. The number of carbonyl (C=O) groups is 3. The van der Waals surface area contributed by atoms with Gasteiger partial charge in [-0.15, -0.1) is 0 Å². The molecule has 36 heavy (non-hydrogen) atoms. The van der Waals surface area contributed by atoms with E-state index in [9.17, 15) is 24.8 Å². The highest BCUT2D eigenvalue weighted by atomic mass is 16.4. The maximum Gasteiger partial charge on any atom is 0.306 e. The van der Waals surface area contributed by atoms with E-state index in [0.717, 1.165) is 37.7 Å². The fourth-order valence-corrected chi connectivity index (χ4v) is 10.2. The van der Waals surface area contributed by atoms with E-state index in [2.05, 4.69) is 40.7 Å². The van der Waals surface area contributed by atoms with Crippen LogP contribution in [0.4, 0.5) is 0 Å². The quantitative estimate of drug-likeness (QED) is 0.475. The number of rotatable bonds is 1. The number of Topliss-reactive ketones (excluding diaryl/α,β-unsaturated/α-hetero) is 1. The van der Waals surface area contributed by atoms with Gasteiger partial charge in [0.25, 0.3) is 0 Å². The fraction of sp³-hybridized carbons (Fsp3) is 0.742. The lowest BCUT2D eigenvalue weighted by molar-refractivity contribution is -0.170. The van der Waals surface area contributed by atoms with Gasteiger partial charge in [-0.25, -0.2) is 0 Å². The lowest BCUT2D eigenvalue weighted by atomic mass is 9.35. The highest BCUT2D eigenvalue weighted by Crippen LogP contribution is 2.73. The number of nitriles is 1. The number of hydrogen-bond acceptors (Lipinski definition) is 4. The molecule has 5 heteroatoms. The number of carboxylic acids is 1. The van der Waals surface area contributed by atoms with Gasteiger partial charge >= 0.3 is 5.97 Å². The molecular weight excluding hydrogens is 450 g/mol. The fourth-order valence-electron chi connectivity index (χ4n) is 10.2. The zero-order valence-electron chi connectivity index (χ0n) is 22.9. The predicted molar refractivity (Wildman–Crippen MR) is 136 cm³/mol. The highest BCUT2D eigenvalue weighted by Gasteiger charge is 2.68. The third kappa shape index (κ3) is 3.02. The molecule has 5 aliphatic rings. The summed E-state index contributed by atoms with van der Waals surface area (Å²) in [7, 11) is 0. The minimum Gasteiger partial charge on any atom is -0.481 e. The predicted octanol–water partition coefficient (Wildman–Crippen LogP) is 6.15. The molecule has 0 heterocycles. The van der Waals surface area contributed by atoms with Crippen LogP contribution in [-0.4, -0.2) is 22.6 Å². The third-order valence-corrected chi connectivity index (χ3v) is 12.0. The van der Waals surface area contributed by atoms with Crippen LogP contribution < -0.4 is 0 Å². The summed E-state index contributed by atoms with van der Waals surface area (Å²) in [4.78, 5) is 39.6. The second-order valence-corrected chi connectivity index (χ2v) is 14.7. The smallest absolute Gasteiger partial charge is 0.306 e. The molecule has 0 aromatic carbocycles. The summed E-state index contributed by atoms with van der Waals surface area (Å²) in [5.74, 6) is -1.13. The van der Waals surface area contributed by atoms with E-state index in [1.54, 1.807) is 0 Å². The Morgan fingerprint density at radius 1 is 1.00 bits per heavy atom. The Kier molecular flexibility index (Phi) is 5.24. The van der Waals surface area contributed by atoms with Gasteiger partial charge in [0.2, 0.25) is 0 Å². The Balaban J connectivity index is 1.67. The summed E-state index contributed by atoms with van der Waals surface area (Å²) in [5, 5.41) is 19.9. The van der Waals surface area contributed by atoms with Gasteiger partial charge in [-0.3, -0.25) is 14.4 Å². The van der Waals surface area contributed by atoms with E-state index >= 15 is 0 Å². The molecule has 0 saturated heterocycles. The van der Waals surface area contributed by atoms with Crippen molar-refractivity contribution in [2.75, 3.05) is 0 Å². The molecule has 194 valence electrons. The van der Waals surface area contributed by atoms with Crippen LogP contribution in [0.5, 0.6) is 0 Å². The van der Waals surface area contributed by atoms with E-state index in [0.29, 0.717) is 6.42 Å². The number of hydrogen-bond donors (Lipinski definition) is 1. The monoisotopic (exact) mass is 491 g/mol. The van der Waals surface area contributed by atoms with Crippen LogP contribution in [-0.2, 0) is 14.4 Å². The van der Waals surface area contributed by atoms with E-state index in [4.69, 9.17) is 0 Å². The number of nitrogens with zero attached hydrogens (tertiary/aromatic N) is 1. The van der Waals surface area contributed by atoms with Crippen LogP contribution >= 0.6 is 0 Å². The molecule has 0 radical (unpaired) electrons. The van der Waals surface area contributed by atoms with Crippen molar-refractivity contribution in [2.24, 2.45) is 56.7 Å². The van der Waals surface area contributed by atoms with Crippen molar-refractivity contribution >= 4 is 17.5 Å². The Hall–Kier alpha value is -2.22. The summed E-state index contributed by atoms with van der Waals surface area (Å²) in [6.45, 7) is 15.0. The average Bonchev–Trinajstić information content (AvgIpc) is 2.76. The van der Waals surface area contributed by atoms with Gasteiger partial charge in [0.05, 0.1) is 11.5 Å². The van der Waals surface area contributed by atoms with Gasteiger partial charge in [0.1, 0.15) is 6.07 Å². The molecule has 0 aromatic heterocycles. The summed E-state index contributed by atoms with van der Waals surface area (Å²) in [6, 6.07) is 2.16. The molecule has 0 spiro atoms. The first-order valence-corrected chi connectivity index (χ1v) is 13.7. The van der Waals surface area contributed by atoms with Crippen molar-refractivity contribution in [3.63, 3.8) is 0 Å². The lowest BCUT2D eigenvalue weighted by Gasteiger charge is -2.67. The van der Waals surface area contributed by atoms with Gasteiger partial charge in [0.15, 0.2) is 11.6 Å². The molecule has 5 nitrogen and oxygen atoms in total. The second kappa shape index (κ2) is 7.42. The highest BCUT2D eigenvalue weighted by molar-refractivity contribution is 6.04. The molecule has 3 unspecified atom stereocenters. The zero-order valence-corrected chi connectivity index (χ0v) is 22.9. The van der Waals surface area contributed by atoms with Crippen molar-refractivity contribution in [2.45, 2.75) is 87.0 Å². The van der Waals surface area contributed by atoms with Crippen LogP contribution in [0.3, 0.4) is 0 Å². The number of allylic oxidation sites excluding steroid dienone is 4. The molecule has 8 atom stereocenters. The van der Waals surface area contributed by atoms with Gasteiger partial charge in [-0.1, -0.05) is 60.1 Å². The van der Waals surface area contributed by atoms with Crippen LogP contribution in [0, 0.1) is 68.0 Å². The van der Waals surface area contributed by atoms with Crippen molar-refractivity contribution in [3.05, 3.63) is 23.3 Å². The standard InChI is InChI=1S/C31H41NO4/c1-27(2)14-19-18(20(15-27)26(35)36)8-10-31(7)24(19)21(33)12-23-29(5)13-17(16-32)25(34)28(3,4)22(29)9-11-30(23,31)6/h12-13,18-20,22,24H,8-11,14-15H2,1-7H3,(H,35,36)/t18?,19?,20-,22+,24?,29+,30-,31-/m1/s1. The molecule has 5 rings (SSSR count). The van der Waals surface area contributed by atoms with Crippen LogP contribution in [0.2, 0.25) is 0 Å². The number of carboxylic acid groups (broad SMARTS) is 1. The summed E-state index contributed by atoms with van der Waals surface area (Å²) >= 11 is 0.